The summed E-state index contributed by atoms with van der Waals surface area (Å²) in [6.07, 6.45) is -4.58. The van der Waals surface area contributed by atoms with E-state index < -0.39 is 17.3 Å². The zero-order valence-electron chi connectivity index (χ0n) is 11.2. The second-order valence-corrected chi connectivity index (χ2v) is 4.21. The Kier molecular flexibility index (Phi) is 3.93. The van der Waals surface area contributed by atoms with Gasteiger partial charge in [-0.1, -0.05) is 0 Å². The average Bonchev–Trinajstić information content (AvgIpc) is 2.45. The monoisotopic (exact) mass is 299 g/mol. The van der Waals surface area contributed by atoms with Crippen LogP contribution >= 0.6 is 0 Å². The number of rotatable bonds is 3. The summed E-state index contributed by atoms with van der Waals surface area (Å²) in [7, 11) is 2.86. The van der Waals surface area contributed by atoms with Gasteiger partial charge in [-0.3, -0.25) is 4.79 Å². The van der Waals surface area contributed by atoms with E-state index in [4.69, 9.17) is 9.47 Å². The van der Waals surface area contributed by atoms with Crippen LogP contribution in [0.3, 0.4) is 0 Å². The number of methoxy groups -OCH3 is 2. The summed E-state index contributed by atoms with van der Waals surface area (Å²) in [6.45, 7) is 0. The molecule has 112 valence electrons. The Morgan fingerprint density at radius 3 is 2.24 bits per heavy atom. The van der Waals surface area contributed by atoms with Gasteiger partial charge in [-0.15, -0.1) is 0 Å². The first-order chi connectivity index (χ1) is 9.85. The number of nitrogens with one attached hydrogen (secondary N) is 1. The van der Waals surface area contributed by atoms with Crippen LogP contribution in [0.1, 0.15) is 5.56 Å². The number of halogens is 3. The Morgan fingerprint density at radius 2 is 1.67 bits per heavy atom. The maximum Gasteiger partial charge on any atom is 0.416 e. The van der Waals surface area contributed by atoms with Gasteiger partial charge in [0.25, 0.3) is 0 Å². The van der Waals surface area contributed by atoms with E-state index in [2.05, 4.69) is 4.98 Å². The minimum absolute atomic E-state index is 0.0516. The second kappa shape index (κ2) is 5.51. The number of aromatic amines is 1. The summed E-state index contributed by atoms with van der Waals surface area (Å²) in [5, 5.41) is 0. The number of hydrogen-bond acceptors (Lipinski definition) is 3. The van der Waals surface area contributed by atoms with E-state index >= 15 is 0 Å². The number of benzene rings is 1. The van der Waals surface area contributed by atoms with E-state index in [-0.39, 0.29) is 5.69 Å². The van der Waals surface area contributed by atoms with Crippen LogP contribution in [0.25, 0.3) is 11.3 Å². The summed E-state index contributed by atoms with van der Waals surface area (Å²) in [4.78, 5) is 13.8. The molecule has 2 aromatic rings. The van der Waals surface area contributed by atoms with Crippen LogP contribution in [0.5, 0.6) is 11.5 Å². The lowest BCUT2D eigenvalue weighted by Gasteiger charge is -2.11. The lowest BCUT2D eigenvalue weighted by atomic mass is 10.1. The fourth-order valence-electron chi connectivity index (χ4n) is 1.87. The van der Waals surface area contributed by atoms with Crippen molar-refractivity contribution in [3.8, 4) is 22.8 Å². The molecule has 0 atom stereocenters. The van der Waals surface area contributed by atoms with E-state index in [1.807, 2.05) is 0 Å². The largest absolute Gasteiger partial charge is 0.493 e. The SMILES string of the molecule is COc1ccc(-c2cc(C(F)(F)F)cc(=O)[nH]2)cc1OC. The fourth-order valence-corrected chi connectivity index (χ4v) is 1.87. The molecule has 1 aromatic carbocycles. The predicted octanol–water partition coefficient (Wildman–Crippen LogP) is 3.08. The van der Waals surface area contributed by atoms with E-state index in [0.717, 1.165) is 6.07 Å². The molecule has 0 spiro atoms. The van der Waals surface area contributed by atoms with E-state index in [1.54, 1.807) is 6.07 Å². The minimum Gasteiger partial charge on any atom is -0.493 e. The summed E-state index contributed by atoms with van der Waals surface area (Å²) in [5.74, 6) is 0.795. The standard InChI is InChI=1S/C14H12F3NO3/c1-20-11-4-3-8(5-12(11)21-2)10-6-9(14(15,16)17)7-13(19)18-10/h3-7H,1-2H3,(H,18,19). The van der Waals surface area contributed by atoms with Gasteiger partial charge in [0.05, 0.1) is 19.8 Å². The van der Waals surface area contributed by atoms with E-state index in [9.17, 15) is 18.0 Å². The molecule has 0 amide bonds. The third-order valence-corrected chi connectivity index (χ3v) is 2.87. The van der Waals surface area contributed by atoms with Crippen molar-refractivity contribution in [3.63, 3.8) is 0 Å². The second-order valence-electron chi connectivity index (χ2n) is 4.21. The first-order valence-corrected chi connectivity index (χ1v) is 5.89. The van der Waals surface area contributed by atoms with E-state index in [1.165, 1.54) is 26.4 Å². The van der Waals surface area contributed by atoms with Crippen LogP contribution in [-0.4, -0.2) is 19.2 Å². The Labute approximate surface area is 118 Å². The molecule has 0 aliphatic heterocycles. The van der Waals surface area contributed by atoms with Crippen molar-refractivity contribution in [1.29, 1.82) is 0 Å². The predicted molar refractivity (Wildman–Crippen MR) is 70.6 cm³/mol. The van der Waals surface area contributed by atoms with Crippen LogP contribution in [0.4, 0.5) is 13.2 Å². The molecule has 0 aliphatic rings. The summed E-state index contributed by atoms with van der Waals surface area (Å²) in [5.41, 5.74) is -1.39. The van der Waals surface area contributed by atoms with Crippen molar-refractivity contribution in [2.45, 2.75) is 6.18 Å². The van der Waals surface area contributed by atoms with Crippen molar-refractivity contribution in [3.05, 3.63) is 46.2 Å². The highest BCUT2D eigenvalue weighted by Gasteiger charge is 2.31. The highest BCUT2D eigenvalue weighted by atomic mass is 19.4. The Balaban J connectivity index is 2.57. The van der Waals surface area contributed by atoms with Gasteiger partial charge in [-0.25, -0.2) is 0 Å². The molecule has 0 saturated carbocycles. The lowest BCUT2D eigenvalue weighted by Crippen LogP contribution is -2.13. The highest BCUT2D eigenvalue weighted by molar-refractivity contribution is 5.64. The Morgan fingerprint density at radius 1 is 1.00 bits per heavy atom. The summed E-state index contributed by atoms with van der Waals surface area (Å²) in [6, 6.07) is 5.97. The normalized spacial score (nSPS) is 11.3. The van der Waals surface area contributed by atoms with Gasteiger partial charge < -0.3 is 14.5 Å². The third kappa shape index (κ3) is 3.18. The van der Waals surface area contributed by atoms with Crippen LogP contribution in [-0.2, 0) is 6.18 Å². The van der Waals surface area contributed by atoms with Crippen LogP contribution in [0.2, 0.25) is 0 Å². The molecule has 7 heteroatoms. The first-order valence-electron chi connectivity index (χ1n) is 5.89. The molecule has 0 radical (unpaired) electrons. The van der Waals surface area contributed by atoms with Gasteiger partial charge in [0.15, 0.2) is 11.5 Å². The van der Waals surface area contributed by atoms with E-state index in [0.29, 0.717) is 23.1 Å². The molecule has 0 saturated heterocycles. The van der Waals surface area contributed by atoms with Crippen LogP contribution in [0.15, 0.2) is 35.1 Å². The maximum absolute atomic E-state index is 12.7. The molecule has 1 N–H and O–H groups in total. The van der Waals surface area contributed by atoms with Gasteiger partial charge in [-0.2, -0.15) is 13.2 Å². The summed E-state index contributed by atoms with van der Waals surface area (Å²) >= 11 is 0. The van der Waals surface area contributed by atoms with Gasteiger partial charge >= 0.3 is 6.18 Å². The third-order valence-electron chi connectivity index (χ3n) is 2.87. The highest BCUT2D eigenvalue weighted by Crippen LogP contribution is 2.34. The number of ether oxygens (including phenoxy) is 2. The van der Waals surface area contributed by atoms with Gasteiger partial charge in [-0.05, 0) is 24.3 Å². The molecule has 1 aromatic heterocycles. The summed E-state index contributed by atoms with van der Waals surface area (Å²) < 4.78 is 48.3. The Bertz CT molecular complexity index is 707. The molecule has 21 heavy (non-hydrogen) atoms. The van der Waals surface area contributed by atoms with Gasteiger partial charge in [0.1, 0.15) is 0 Å². The quantitative estimate of drug-likeness (QED) is 0.947. The van der Waals surface area contributed by atoms with Crippen molar-refractivity contribution in [2.24, 2.45) is 0 Å². The van der Waals surface area contributed by atoms with Crippen molar-refractivity contribution in [1.82, 2.24) is 4.98 Å². The van der Waals surface area contributed by atoms with Gasteiger partial charge in [0, 0.05) is 17.3 Å². The van der Waals surface area contributed by atoms with Crippen LogP contribution < -0.4 is 15.0 Å². The topological polar surface area (TPSA) is 51.3 Å². The van der Waals surface area contributed by atoms with Crippen molar-refractivity contribution < 1.29 is 22.6 Å². The number of alkyl halides is 3. The van der Waals surface area contributed by atoms with Crippen molar-refractivity contribution >= 4 is 0 Å². The zero-order valence-corrected chi connectivity index (χ0v) is 11.2. The average molecular weight is 299 g/mol. The lowest BCUT2D eigenvalue weighted by molar-refractivity contribution is -0.137. The molecule has 4 nitrogen and oxygen atoms in total. The molecule has 2 rings (SSSR count). The maximum atomic E-state index is 12.7. The fraction of sp³-hybridized carbons (Fsp3) is 0.214. The number of H-pyrrole nitrogens is 1. The molecule has 0 aliphatic carbocycles. The first kappa shape index (κ1) is 15.0. The molecular weight excluding hydrogens is 287 g/mol. The number of pyridine rings is 1. The van der Waals surface area contributed by atoms with Crippen LogP contribution in [0, 0.1) is 0 Å². The molecule has 1 heterocycles. The minimum atomic E-state index is -4.58. The Hall–Kier alpha value is -2.44. The van der Waals surface area contributed by atoms with Gasteiger partial charge in [0.2, 0.25) is 5.56 Å². The van der Waals surface area contributed by atoms with Crippen molar-refractivity contribution in [2.75, 3.05) is 14.2 Å². The molecule has 0 unspecified atom stereocenters. The smallest absolute Gasteiger partial charge is 0.416 e. The molecule has 0 bridgehead atoms. The number of aromatic nitrogens is 1. The zero-order chi connectivity index (χ0) is 15.6. The number of hydrogen-bond donors (Lipinski definition) is 1. The molecule has 0 fully saturated rings. The molecular formula is C14H12F3NO3.